The molecule has 0 aliphatic rings. The summed E-state index contributed by atoms with van der Waals surface area (Å²) in [5, 5.41) is 0. The fourth-order valence-electron chi connectivity index (χ4n) is 2.58. The van der Waals surface area contributed by atoms with Crippen LogP contribution in [0.25, 0.3) is 0 Å². The van der Waals surface area contributed by atoms with Crippen molar-refractivity contribution in [3.05, 3.63) is 18.2 Å². The van der Waals surface area contributed by atoms with Crippen molar-refractivity contribution >= 4 is 0 Å². The van der Waals surface area contributed by atoms with Gasteiger partial charge in [0.15, 0.2) is 0 Å². The smallest absolute Gasteiger partial charge is 0.234 e. The lowest BCUT2D eigenvalue weighted by Gasteiger charge is -2.07. The summed E-state index contributed by atoms with van der Waals surface area (Å²) >= 11 is 0. The number of hydrogen-bond donors (Lipinski definition) is 0. The predicted octanol–water partition coefficient (Wildman–Crippen LogP) is 4.28. The molecule has 0 aromatic carbocycles. The van der Waals surface area contributed by atoms with Crippen molar-refractivity contribution in [2.45, 2.75) is 85.2 Å². The van der Waals surface area contributed by atoms with Crippen molar-refractivity contribution < 1.29 is 4.57 Å². The second-order valence-corrected chi connectivity index (χ2v) is 5.61. The summed E-state index contributed by atoms with van der Waals surface area (Å²) in [4.78, 5) is 0. The summed E-state index contributed by atoms with van der Waals surface area (Å²) in [5.74, 6) is 2.12. The van der Waals surface area contributed by atoms with Gasteiger partial charge < -0.3 is 0 Å². The number of aromatic nitrogens is 2. The van der Waals surface area contributed by atoms with Crippen LogP contribution >= 0.6 is 0 Å². The third-order valence-corrected chi connectivity index (χ3v) is 3.54. The van der Waals surface area contributed by atoms with Gasteiger partial charge >= 0.3 is 0 Å². The van der Waals surface area contributed by atoms with E-state index in [1.807, 2.05) is 0 Å². The summed E-state index contributed by atoms with van der Waals surface area (Å²) < 4.78 is 4.93. The molecule has 0 fully saturated rings. The minimum absolute atomic E-state index is 0.614. The molecule has 0 aliphatic heterocycles. The Labute approximate surface area is 113 Å². The summed E-state index contributed by atoms with van der Waals surface area (Å²) in [5.41, 5.74) is 0. The number of hydrogen-bond acceptors (Lipinski definition) is 0. The first-order valence-electron chi connectivity index (χ1n) is 7.79. The van der Waals surface area contributed by atoms with Crippen molar-refractivity contribution in [2.24, 2.45) is 0 Å². The van der Waals surface area contributed by atoms with Gasteiger partial charge in [-0.05, 0) is 25.7 Å². The Morgan fingerprint density at radius 2 is 1.72 bits per heavy atom. The van der Waals surface area contributed by atoms with Crippen LogP contribution in [0, 0.1) is 0 Å². The van der Waals surface area contributed by atoms with Gasteiger partial charge in [-0.2, -0.15) is 0 Å². The maximum absolute atomic E-state index is 2.46. The fraction of sp³-hybridized carbons (Fsp3) is 0.812. The SMILES string of the molecule is CCCCCn1cc[n+](CCCCC)c1C(C)C. The number of nitrogens with zero attached hydrogens (tertiary/aromatic N) is 2. The molecule has 0 saturated heterocycles. The van der Waals surface area contributed by atoms with E-state index in [0.29, 0.717) is 5.92 Å². The van der Waals surface area contributed by atoms with E-state index >= 15 is 0 Å². The molecular weight excluding hydrogens is 220 g/mol. The van der Waals surface area contributed by atoms with Gasteiger partial charge in [-0.3, -0.25) is 0 Å². The van der Waals surface area contributed by atoms with Crippen LogP contribution in [0.5, 0.6) is 0 Å². The maximum Gasteiger partial charge on any atom is 0.258 e. The molecule has 1 aromatic heterocycles. The summed E-state index contributed by atoms with van der Waals surface area (Å²) in [6, 6.07) is 0. The summed E-state index contributed by atoms with van der Waals surface area (Å²) in [7, 11) is 0. The number of aryl methyl sites for hydroxylation is 2. The van der Waals surface area contributed by atoms with Crippen molar-refractivity contribution in [1.29, 1.82) is 0 Å². The zero-order valence-corrected chi connectivity index (χ0v) is 12.8. The number of imidazole rings is 1. The van der Waals surface area contributed by atoms with E-state index in [-0.39, 0.29) is 0 Å². The molecule has 0 atom stereocenters. The lowest BCUT2D eigenvalue weighted by Crippen LogP contribution is -2.38. The van der Waals surface area contributed by atoms with Crippen LogP contribution in [-0.2, 0) is 13.1 Å². The summed E-state index contributed by atoms with van der Waals surface area (Å²) in [6.07, 6.45) is 12.4. The zero-order valence-electron chi connectivity index (χ0n) is 12.8. The van der Waals surface area contributed by atoms with E-state index in [9.17, 15) is 0 Å². The number of rotatable bonds is 9. The third kappa shape index (κ3) is 4.47. The quantitative estimate of drug-likeness (QED) is 0.457. The van der Waals surface area contributed by atoms with Crippen LogP contribution in [0.3, 0.4) is 0 Å². The standard InChI is InChI=1S/C16H31N2/c1-5-7-9-11-17-13-14-18(12-10-8-6-2)16(17)15(3)4/h13-15H,5-12H2,1-4H3/q+1. The van der Waals surface area contributed by atoms with E-state index in [2.05, 4.69) is 49.2 Å². The minimum atomic E-state index is 0.614. The van der Waals surface area contributed by atoms with E-state index in [0.717, 1.165) is 0 Å². The summed E-state index contributed by atoms with van der Waals surface area (Å²) in [6.45, 7) is 11.5. The average molecular weight is 251 g/mol. The highest BCUT2D eigenvalue weighted by molar-refractivity contribution is 4.89. The molecular formula is C16H31N2+. The Morgan fingerprint density at radius 3 is 2.33 bits per heavy atom. The van der Waals surface area contributed by atoms with Crippen molar-refractivity contribution in [3.63, 3.8) is 0 Å². The van der Waals surface area contributed by atoms with Crippen molar-refractivity contribution in [3.8, 4) is 0 Å². The van der Waals surface area contributed by atoms with E-state index < -0.39 is 0 Å². The van der Waals surface area contributed by atoms with Gasteiger partial charge in [-0.1, -0.05) is 40.5 Å². The lowest BCUT2D eigenvalue weighted by atomic mass is 10.2. The molecule has 0 unspecified atom stereocenters. The minimum Gasteiger partial charge on any atom is -0.234 e. The molecule has 1 rings (SSSR count). The molecule has 0 N–H and O–H groups in total. The highest BCUT2D eigenvalue weighted by Crippen LogP contribution is 2.12. The first-order chi connectivity index (χ1) is 8.70. The molecule has 104 valence electrons. The molecule has 0 aliphatic carbocycles. The monoisotopic (exact) mass is 251 g/mol. The van der Waals surface area contributed by atoms with Gasteiger partial charge in [0.1, 0.15) is 12.4 Å². The number of unbranched alkanes of at least 4 members (excludes halogenated alkanes) is 4. The molecule has 18 heavy (non-hydrogen) atoms. The second kappa shape index (κ2) is 8.34. The fourth-order valence-corrected chi connectivity index (χ4v) is 2.58. The highest BCUT2D eigenvalue weighted by atomic mass is 15.1. The average Bonchev–Trinajstić information content (AvgIpc) is 2.73. The van der Waals surface area contributed by atoms with Gasteiger partial charge in [0.25, 0.3) is 5.82 Å². The van der Waals surface area contributed by atoms with Gasteiger partial charge in [0, 0.05) is 0 Å². The Morgan fingerprint density at radius 1 is 1.06 bits per heavy atom. The van der Waals surface area contributed by atoms with E-state index in [4.69, 9.17) is 0 Å². The topological polar surface area (TPSA) is 8.81 Å². The molecule has 0 spiro atoms. The van der Waals surface area contributed by atoms with Gasteiger partial charge in [-0.25, -0.2) is 9.13 Å². The van der Waals surface area contributed by atoms with Crippen LogP contribution < -0.4 is 4.57 Å². The Bertz CT molecular complexity index is 298. The highest BCUT2D eigenvalue weighted by Gasteiger charge is 2.19. The lowest BCUT2D eigenvalue weighted by molar-refractivity contribution is -0.705. The van der Waals surface area contributed by atoms with Crippen LogP contribution in [-0.4, -0.2) is 4.57 Å². The van der Waals surface area contributed by atoms with Gasteiger partial charge in [-0.15, -0.1) is 0 Å². The van der Waals surface area contributed by atoms with Crippen LogP contribution in [0.15, 0.2) is 12.4 Å². The van der Waals surface area contributed by atoms with Gasteiger partial charge in [0.05, 0.1) is 19.0 Å². The molecule has 2 nitrogen and oxygen atoms in total. The normalized spacial score (nSPS) is 11.4. The molecule has 0 radical (unpaired) electrons. The zero-order chi connectivity index (χ0) is 13.4. The Kier molecular flexibility index (Phi) is 7.07. The molecule has 1 aromatic rings. The molecule has 0 saturated carbocycles. The molecule has 2 heteroatoms. The van der Waals surface area contributed by atoms with Gasteiger partial charge in [0.2, 0.25) is 0 Å². The van der Waals surface area contributed by atoms with Crippen LogP contribution in [0.2, 0.25) is 0 Å². The first kappa shape index (κ1) is 15.3. The first-order valence-corrected chi connectivity index (χ1v) is 7.79. The van der Waals surface area contributed by atoms with Crippen molar-refractivity contribution in [2.75, 3.05) is 0 Å². The second-order valence-electron chi connectivity index (χ2n) is 5.61. The Balaban J connectivity index is 2.66. The largest absolute Gasteiger partial charge is 0.258 e. The van der Waals surface area contributed by atoms with Crippen LogP contribution in [0.1, 0.15) is 78.0 Å². The third-order valence-electron chi connectivity index (χ3n) is 3.54. The van der Waals surface area contributed by atoms with Crippen LogP contribution in [0.4, 0.5) is 0 Å². The molecule has 1 heterocycles. The van der Waals surface area contributed by atoms with E-state index in [1.165, 1.54) is 57.4 Å². The molecule has 0 bridgehead atoms. The van der Waals surface area contributed by atoms with Crippen molar-refractivity contribution in [1.82, 2.24) is 4.57 Å². The predicted molar refractivity (Wildman–Crippen MR) is 77.8 cm³/mol. The molecule has 0 amide bonds. The maximum atomic E-state index is 2.46. The van der Waals surface area contributed by atoms with E-state index in [1.54, 1.807) is 0 Å². The Hall–Kier alpha value is -0.790.